The van der Waals surface area contributed by atoms with E-state index in [9.17, 15) is 9.59 Å². The molecule has 0 radical (unpaired) electrons. The normalized spacial score (nSPS) is 10.4. The van der Waals surface area contributed by atoms with Crippen molar-refractivity contribution < 1.29 is 14.3 Å². The lowest BCUT2D eigenvalue weighted by Gasteiger charge is -2.14. The number of Topliss-reactive ketones (excluding diaryl/α,β-unsaturated/α-hetero) is 1. The van der Waals surface area contributed by atoms with Gasteiger partial charge >= 0.3 is 6.03 Å². The molecular weight excluding hydrogens is 316 g/mol. The van der Waals surface area contributed by atoms with Crippen LogP contribution in [0.4, 0.5) is 10.5 Å². The molecule has 2 rings (SSSR count). The highest BCUT2D eigenvalue weighted by atomic mass is 16.5. The van der Waals surface area contributed by atoms with Crippen LogP contribution in [0.1, 0.15) is 42.6 Å². The monoisotopic (exact) mass is 340 g/mol. The van der Waals surface area contributed by atoms with E-state index in [1.807, 2.05) is 24.3 Å². The molecule has 0 unspecified atom stereocenters. The summed E-state index contributed by atoms with van der Waals surface area (Å²) in [6, 6.07) is 14.4. The van der Waals surface area contributed by atoms with Gasteiger partial charge in [-0.15, -0.1) is 0 Å². The minimum absolute atomic E-state index is 0.0405. The highest BCUT2D eigenvalue weighted by Gasteiger charge is 2.07. The van der Waals surface area contributed by atoms with Gasteiger partial charge in [0.25, 0.3) is 0 Å². The van der Waals surface area contributed by atoms with Gasteiger partial charge < -0.3 is 15.4 Å². The van der Waals surface area contributed by atoms with Crippen molar-refractivity contribution >= 4 is 17.5 Å². The number of hydrogen-bond donors (Lipinski definition) is 2. The molecule has 2 aromatic carbocycles. The maximum absolute atomic E-state index is 11.9. The summed E-state index contributed by atoms with van der Waals surface area (Å²) in [5, 5.41) is 5.45. The molecule has 0 aliphatic carbocycles. The summed E-state index contributed by atoms with van der Waals surface area (Å²) in [4.78, 5) is 23.3. The zero-order chi connectivity index (χ0) is 18.2. The van der Waals surface area contributed by atoms with Gasteiger partial charge in [-0.05, 0) is 36.6 Å². The first-order chi connectivity index (χ1) is 12.0. The average molecular weight is 340 g/mol. The van der Waals surface area contributed by atoms with Gasteiger partial charge in [0.1, 0.15) is 12.4 Å². The van der Waals surface area contributed by atoms with Gasteiger partial charge in [0, 0.05) is 11.3 Å². The third-order valence-electron chi connectivity index (χ3n) is 3.71. The van der Waals surface area contributed by atoms with Gasteiger partial charge in [-0.3, -0.25) is 4.79 Å². The molecule has 0 aromatic heterocycles. The van der Waals surface area contributed by atoms with E-state index in [2.05, 4.69) is 24.5 Å². The zero-order valence-corrected chi connectivity index (χ0v) is 14.8. The third-order valence-corrected chi connectivity index (χ3v) is 3.71. The van der Waals surface area contributed by atoms with Gasteiger partial charge in [0.05, 0.1) is 6.54 Å². The molecule has 0 fully saturated rings. The fourth-order valence-corrected chi connectivity index (χ4v) is 2.41. The predicted octanol–water partition coefficient (Wildman–Crippen LogP) is 4.21. The summed E-state index contributed by atoms with van der Waals surface area (Å²) >= 11 is 0. The second-order valence-corrected chi connectivity index (χ2v) is 6.06. The first-order valence-corrected chi connectivity index (χ1v) is 8.35. The molecule has 0 saturated heterocycles. The quantitative estimate of drug-likeness (QED) is 0.586. The Balaban J connectivity index is 1.80. The van der Waals surface area contributed by atoms with Crippen molar-refractivity contribution in [1.82, 2.24) is 5.32 Å². The van der Waals surface area contributed by atoms with E-state index in [-0.39, 0.29) is 11.8 Å². The Hall–Kier alpha value is -2.82. The molecule has 0 spiro atoms. The molecule has 5 nitrogen and oxygen atoms in total. The van der Waals surface area contributed by atoms with E-state index in [1.165, 1.54) is 6.92 Å². The van der Waals surface area contributed by atoms with Crippen molar-refractivity contribution in [3.8, 4) is 5.75 Å². The van der Waals surface area contributed by atoms with Crippen LogP contribution in [-0.4, -0.2) is 25.0 Å². The molecule has 0 aliphatic rings. The molecule has 0 atom stereocenters. The largest absolute Gasteiger partial charge is 0.491 e. The molecule has 0 saturated carbocycles. The number of carbonyl (C=O) groups is 2. The van der Waals surface area contributed by atoms with Crippen LogP contribution in [0.5, 0.6) is 5.75 Å². The van der Waals surface area contributed by atoms with Crippen LogP contribution < -0.4 is 15.4 Å². The summed E-state index contributed by atoms with van der Waals surface area (Å²) in [6.45, 7) is 6.48. The van der Waals surface area contributed by atoms with Crippen molar-refractivity contribution in [2.45, 2.75) is 26.7 Å². The van der Waals surface area contributed by atoms with Crippen molar-refractivity contribution in [2.75, 3.05) is 18.5 Å². The minimum Gasteiger partial charge on any atom is -0.491 e. The number of amides is 2. The maximum Gasteiger partial charge on any atom is 0.319 e. The molecule has 2 amide bonds. The molecule has 25 heavy (non-hydrogen) atoms. The summed E-state index contributed by atoms with van der Waals surface area (Å²) in [5.41, 5.74) is 2.29. The second-order valence-electron chi connectivity index (χ2n) is 6.06. The smallest absolute Gasteiger partial charge is 0.319 e. The van der Waals surface area contributed by atoms with Crippen LogP contribution in [-0.2, 0) is 0 Å². The number of urea groups is 1. The van der Waals surface area contributed by atoms with E-state index >= 15 is 0 Å². The van der Waals surface area contributed by atoms with Crippen molar-refractivity contribution in [2.24, 2.45) is 0 Å². The van der Waals surface area contributed by atoms with E-state index in [1.54, 1.807) is 24.3 Å². The van der Waals surface area contributed by atoms with Crippen LogP contribution in [0.2, 0.25) is 0 Å². The average Bonchev–Trinajstić information content (AvgIpc) is 2.59. The number of anilines is 1. The highest BCUT2D eigenvalue weighted by Crippen LogP contribution is 2.25. The SMILES string of the molecule is CC(=O)c1cccc(NC(=O)NCCOc2ccccc2C(C)C)c1. The molecule has 5 heteroatoms. The number of hydrogen-bond acceptors (Lipinski definition) is 3. The lowest BCUT2D eigenvalue weighted by atomic mass is 10.0. The van der Waals surface area contributed by atoms with E-state index < -0.39 is 0 Å². The number of benzene rings is 2. The molecule has 0 aliphatic heterocycles. The van der Waals surface area contributed by atoms with Gasteiger partial charge in [0.2, 0.25) is 0 Å². The number of ketones is 1. The minimum atomic E-state index is -0.332. The van der Waals surface area contributed by atoms with E-state index in [0.717, 1.165) is 11.3 Å². The van der Waals surface area contributed by atoms with Crippen molar-refractivity contribution in [3.63, 3.8) is 0 Å². The van der Waals surface area contributed by atoms with Crippen LogP contribution in [0.15, 0.2) is 48.5 Å². The first kappa shape index (κ1) is 18.5. The number of nitrogens with one attached hydrogen (secondary N) is 2. The predicted molar refractivity (Wildman–Crippen MR) is 99.5 cm³/mol. The van der Waals surface area contributed by atoms with Gasteiger partial charge in [-0.1, -0.05) is 44.2 Å². The molecule has 2 aromatic rings. The fraction of sp³-hybridized carbons (Fsp3) is 0.300. The van der Waals surface area contributed by atoms with E-state index in [4.69, 9.17) is 4.74 Å². The lowest BCUT2D eigenvalue weighted by Crippen LogP contribution is -2.32. The molecule has 2 N–H and O–H groups in total. The summed E-state index contributed by atoms with van der Waals surface area (Å²) in [6.07, 6.45) is 0. The summed E-state index contributed by atoms with van der Waals surface area (Å²) < 4.78 is 5.76. The summed E-state index contributed by atoms with van der Waals surface area (Å²) in [7, 11) is 0. The van der Waals surface area contributed by atoms with Crippen molar-refractivity contribution in [3.05, 3.63) is 59.7 Å². The van der Waals surface area contributed by atoms with E-state index in [0.29, 0.717) is 30.3 Å². The van der Waals surface area contributed by atoms with Gasteiger partial charge in [-0.25, -0.2) is 4.79 Å². The van der Waals surface area contributed by atoms with Crippen molar-refractivity contribution in [1.29, 1.82) is 0 Å². The standard InChI is InChI=1S/C20H24N2O3/c1-14(2)18-9-4-5-10-19(18)25-12-11-21-20(24)22-17-8-6-7-16(13-17)15(3)23/h4-10,13-14H,11-12H2,1-3H3,(H2,21,22,24). The topological polar surface area (TPSA) is 67.4 Å². The van der Waals surface area contributed by atoms with Crippen LogP contribution in [0, 0.1) is 0 Å². The van der Waals surface area contributed by atoms with Gasteiger partial charge in [0.15, 0.2) is 5.78 Å². The summed E-state index contributed by atoms with van der Waals surface area (Å²) in [5.74, 6) is 1.18. The van der Waals surface area contributed by atoms with Crippen LogP contribution in [0.25, 0.3) is 0 Å². The molecule has 132 valence electrons. The second kappa shape index (κ2) is 8.87. The molecule has 0 heterocycles. The Labute approximate surface area is 148 Å². The Bertz CT molecular complexity index is 741. The number of para-hydroxylation sites is 1. The van der Waals surface area contributed by atoms with Crippen LogP contribution in [0.3, 0.4) is 0 Å². The number of rotatable bonds is 7. The first-order valence-electron chi connectivity index (χ1n) is 8.35. The zero-order valence-electron chi connectivity index (χ0n) is 14.8. The number of carbonyl (C=O) groups excluding carboxylic acids is 2. The lowest BCUT2D eigenvalue weighted by molar-refractivity contribution is 0.101. The Morgan fingerprint density at radius 3 is 2.56 bits per heavy atom. The third kappa shape index (κ3) is 5.64. The maximum atomic E-state index is 11.9. The van der Waals surface area contributed by atoms with Crippen LogP contribution >= 0.6 is 0 Å². The van der Waals surface area contributed by atoms with Gasteiger partial charge in [-0.2, -0.15) is 0 Å². The number of ether oxygens (including phenoxy) is 1. The Kier molecular flexibility index (Phi) is 6.57. The molecule has 0 bridgehead atoms. The molecular formula is C20H24N2O3. The Morgan fingerprint density at radius 1 is 1.08 bits per heavy atom. The fourth-order valence-electron chi connectivity index (χ4n) is 2.41. The highest BCUT2D eigenvalue weighted by molar-refractivity contribution is 5.96. The Morgan fingerprint density at radius 2 is 1.84 bits per heavy atom.